The average molecular weight is 596 g/mol. The molecule has 0 atom stereocenters. The molecule has 2 aliphatic heterocycles. The molecule has 10 nitrogen and oxygen atoms in total. The highest BCUT2D eigenvalue weighted by molar-refractivity contribution is 7.99. The second-order valence-corrected chi connectivity index (χ2v) is 12.3. The Morgan fingerprint density at radius 2 is 1.57 bits per heavy atom. The van der Waals surface area contributed by atoms with Gasteiger partial charge in [0, 0.05) is 23.7 Å². The summed E-state index contributed by atoms with van der Waals surface area (Å²) in [5, 5.41) is 9.61. The number of ether oxygens (including phenoxy) is 1. The summed E-state index contributed by atoms with van der Waals surface area (Å²) in [6, 6.07) is 20.3. The van der Waals surface area contributed by atoms with Crippen LogP contribution in [0.5, 0.6) is 0 Å². The Balaban J connectivity index is 1.36. The fraction of sp³-hybridized carbons (Fsp3) is 0.185. The van der Waals surface area contributed by atoms with Gasteiger partial charge < -0.3 is 4.74 Å². The molecule has 0 bridgehead atoms. The van der Waals surface area contributed by atoms with Crippen LogP contribution in [0.25, 0.3) is 17.1 Å². The van der Waals surface area contributed by atoms with Crippen molar-refractivity contribution in [1.29, 1.82) is 0 Å². The number of hydrogen-bond donors (Lipinski definition) is 0. The number of nitrogens with zero attached hydrogens (tertiary/aromatic N) is 5. The van der Waals surface area contributed by atoms with Crippen LogP contribution in [-0.4, -0.2) is 76.4 Å². The van der Waals surface area contributed by atoms with Gasteiger partial charge in [-0.15, -0.1) is 10.2 Å². The number of rotatable bonds is 7. The zero-order valence-electron chi connectivity index (χ0n) is 20.9. The van der Waals surface area contributed by atoms with E-state index < -0.39 is 10.0 Å². The van der Waals surface area contributed by atoms with Gasteiger partial charge in [0.05, 0.1) is 40.8 Å². The van der Waals surface area contributed by atoms with Crippen molar-refractivity contribution >= 4 is 45.2 Å². The van der Waals surface area contributed by atoms with Crippen LogP contribution in [0.15, 0.2) is 82.8 Å². The van der Waals surface area contributed by atoms with E-state index in [0.29, 0.717) is 51.6 Å². The second kappa shape index (κ2) is 10.8. The summed E-state index contributed by atoms with van der Waals surface area (Å²) in [6.07, 6.45) is 0. The second-order valence-electron chi connectivity index (χ2n) is 9.02. The van der Waals surface area contributed by atoms with E-state index >= 15 is 0 Å². The fourth-order valence-electron chi connectivity index (χ4n) is 4.61. The van der Waals surface area contributed by atoms with E-state index in [-0.39, 0.29) is 35.7 Å². The van der Waals surface area contributed by atoms with Crippen LogP contribution in [-0.2, 0) is 14.8 Å². The molecule has 0 unspecified atom stereocenters. The summed E-state index contributed by atoms with van der Waals surface area (Å²) < 4.78 is 35.1. The number of aromatic nitrogens is 3. The molecule has 1 saturated heterocycles. The molecule has 1 aromatic heterocycles. The summed E-state index contributed by atoms with van der Waals surface area (Å²) in [6.45, 7) is 1.25. The molecule has 13 heteroatoms. The highest BCUT2D eigenvalue weighted by atomic mass is 35.5. The van der Waals surface area contributed by atoms with Crippen LogP contribution < -0.4 is 0 Å². The molecule has 0 spiro atoms. The van der Waals surface area contributed by atoms with Crippen molar-refractivity contribution < 1.29 is 22.7 Å². The Morgan fingerprint density at radius 3 is 2.27 bits per heavy atom. The highest BCUT2D eigenvalue weighted by Gasteiger charge is 2.35. The van der Waals surface area contributed by atoms with Crippen LogP contribution in [0.3, 0.4) is 0 Å². The van der Waals surface area contributed by atoms with Gasteiger partial charge >= 0.3 is 0 Å². The minimum atomic E-state index is -3.74. The lowest BCUT2D eigenvalue weighted by molar-refractivity contribution is 0.0684. The predicted octanol–water partition coefficient (Wildman–Crippen LogP) is 3.95. The number of amides is 2. The number of carbonyl (C=O) groups excluding carboxylic acids is 2. The Bertz CT molecular complexity index is 1700. The van der Waals surface area contributed by atoms with E-state index in [2.05, 4.69) is 10.2 Å². The quantitative estimate of drug-likeness (QED) is 0.233. The van der Waals surface area contributed by atoms with Crippen LogP contribution in [0.4, 0.5) is 0 Å². The van der Waals surface area contributed by atoms with Crippen molar-refractivity contribution in [3.63, 3.8) is 0 Å². The third-order valence-electron chi connectivity index (χ3n) is 6.60. The van der Waals surface area contributed by atoms with E-state index in [1.165, 1.54) is 9.21 Å². The SMILES string of the molecule is O=C1c2ccccc2C(=O)N1CSc1nnc(-c2cccc(S(=O)(=O)N3CCOCC3)c2)n1-c1cccc(Cl)c1. The molecule has 6 rings (SSSR count). The van der Waals surface area contributed by atoms with E-state index in [1.807, 2.05) is 6.07 Å². The number of carbonyl (C=O) groups is 2. The molecule has 3 aromatic carbocycles. The minimum absolute atomic E-state index is 0.0104. The van der Waals surface area contributed by atoms with Crippen molar-refractivity contribution in [2.75, 3.05) is 32.2 Å². The molecule has 1 fully saturated rings. The first-order chi connectivity index (χ1) is 19.3. The molecule has 3 heterocycles. The first-order valence-electron chi connectivity index (χ1n) is 12.3. The maximum Gasteiger partial charge on any atom is 0.262 e. The molecule has 4 aromatic rings. The van der Waals surface area contributed by atoms with E-state index in [4.69, 9.17) is 16.3 Å². The Hall–Kier alpha value is -3.55. The zero-order chi connectivity index (χ0) is 27.9. The number of halogens is 1. The lowest BCUT2D eigenvalue weighted by Crippen LogP contribution is -2.40. The van der Waals surface area contributed by atoms with Crippen LogP contribution in [0.2, 0.25) is 5.02 Å². The van der Waals surface area contributed by atoms with Crippen molar-refractivity contribution in [3.05, 3.63) is 88.9 Å². The summed E-state index contributed by atoms with van der Waals surface area (Å²) in [4.78, 5) is 27.1. The van der Waals surface area contributed by atoms with Crippen LogP contribution >= 0.6 is 23.4 Å². The third-order valence-corrected chi connectivity index (χ3v) is 9.64. The molecular weight excluding hydrogens is 574 g/mol. The van der Waals surface area contributed by atoms with Gasteiger partial charge in [-0.2, -0.15) is 4.31 Å². The monoisotopic (exact) mass is 595 g/mol. The Labute approximate surface area is 239 Å². The van der Waals surface area contributed by atoms with Crippen molar-refractivity contribution in [2.24, 2.45) is 0 Å². The maximum absolute atomic E-state index is 13.3. The number of fused-ring (bicyclic) bond motifs is 1. The number of thioether (sulfide) groups is 1. The van der Waals surface area contributed by atoms with Crippen LogP contribution in [0, 0.1) is 0 Å². The van der Waals surface area contributed by atoms with E-state index in [0.717, 1.165) is 11.8 Å². The van der Waals surface area contributed by atoms with Gasteiger partial charge in [-0.3, -0.25) is 19.1 Å². The normalized spacial score (nSPS) is 16.0. The van der Waals surface area contributed by atoms with Gasteiger partial charge in [0.15, 0.2) is 11.0 Å². The van der Waals surface area contributed by atoms with Crippen molar-refractivity contribution in [2.45, 2.75) is 10.1 Å². The largest absolute Gasteiger partial charge is 0.379 e. The van der Waals surface area contributed by atoms with E-state index in [9.17, 15) is 18.0 Å². The lowest BCUT2D eigenvalue weighted by Gasteiger charge is -2.26. The number of benzene rings is 3. The Morgan fingerprint density at radius 1 is 0.875 bits per heavy atom. The molecule has 2 amide bonds. The molecule has 0 aliphatic carbocycles. The standard InChI is InChI=1S/C27H22ClN5O5S2/c28-19-6-4-7-20(16-19)33-24(18-5-3-8-21(15-18)40(36,37)31-11-13-38-14-12-31)29-30-27(33)39-17-32-25(34)22-9-1-2-10-23(22)26(32)35/h1-10,15-16H,11-14,17H2. The summed E-state index contributed by atoms with van der Waals surface area (Å²) in [5.41, 5.74) is 1.89. The number of imide groups is 1. The van der Waals surface area contributed by atoms with Gasteiger partial charge in [0.25, 0.3) is 11.8 Å². The van der Waals surface area contributed by atoms with E-state index in [1.54, 1.807) is 71.3 Å². The van der Waals surface area contributed by atoms with Crippen molar-refractivity contribution in [3.8, 4) is 17.1 Å². The zero-order valence-corrected chi connectivity index (χ0v) is 23.3. The summed E-state index contributed by atoms with van der Waals surface area (Å²) in [7, 11) is -3.74. The molecule has 0 N–H and O–H groups in total. The molecule has 0 radical (unpaired) electrons. The number of sulfonamides is 1. The first-order valence-corrected chi connectivity index (χ1v) is 15.1. The van der Waals surface area contributed by atoms with Crippen LogP contribution in [0.1, 0.15) is 20.7 Å². The maximum atomic E-state index is 13.3. The molecule has 40 heavy (non-hydrogen) atoms. The first kappa shape index (κ1) is 26.7. The average Bonchev–Trinajstić information content (AvgIpc) is 3.51. The van der Waals surface area contributed by atoms with Gasteiger partial charge in [0.1, 0.15) is 0 Å². The summed E-state index contributed by atoms with van der Waals surface area (Å²) >= 11 is 7.46. The van der Waals surface area contributed by atoms with Gasteiger partial charge in [-0.25, -0.2) is 8.42 Å². The highest BCUT2D eigenvalue weighted by Crippen LogP contribution is 2.32. The minimum Gasteiger partial charge on any atom is -0.379 e. The lowest BCUT2D eigenvalue weighted by atomic mass is 10.1. The van der Waals surface area contributed by atoms with Crippen molar-refractivity contribution in [1.82, 2.24) is 24.0 Å². The van der Waals surface area contributed by atoms with Gasteiger partial charge in [-0.1, -0.05) is 53.7 Å². The smallest absolute Gasteiger partial charge is 0.262 e. The summed E-state index contributed by atoms with van der Waals surface area (Å²) in [5.74, 6) is -0.353. The topological polar surface area (TPSA) is 115 Å². The molecule has 2 aliphatic rings. The molecule has 0 saturated carbocycles. The number of morpholine rings is 1. The van der Waals surface area contributed by atoms with Gasteiger partial charge in [0.2, 0.25) is 10.0 Å². The third kappa shape index (κ3) is 4.82. The predicted molar refractivity (Wildman–Crippen MR) is 149 cm³/mol. The molecular formula is C27H22ClN5O5S2. The Kier molecular flexibility index (Phi) is 7.19. The molecule has 204 valence electrons. The number of hydrogen-bond acceptors (Lipinski definition) is 8. The fourth-order valence-corrected chi connectivity index (χ4v) is 7.15. The van der Waals surface area contributed by atoms with Gasteiger partial charge in [-0.05, 0) is 42.5 Å².